The molecule has 4 rings (SSSR count). The zero-order valence-electron chi connectivity index (χ0n) is 13.7. The monoisotopic (exact) mass is 333 g/mol. The predicted octanol–water partition coefficient (Wildman–Crippen LogP) is 3.82. The standard InChI is InChI=1S/C20H16FN3O/c1-13-17-4-2-3-5-19(17)23-20(18(13)10-22)24-11-16(12-24)25-15-8-6-14(21)7-9-15/h2-9,16H,11-12H2,1H3. The second kappa shape index (κ2) is 6.06. The summed E-state index contributed by atoms with van der Waals surface area (Å²) in [5.74, 6) is 1.07. The molecule has 0 saturated carbocycles. The van der Waals surface area contributed by atoms with E-state index < -0.39 is 0 Å². The molecule has 2 aromatic carbocycles. The van der Waals surface area contributed by atoms with Crippen LogP contribution in [-0.2, 0) is 0 Å². The third kappa shape index (κ3) is 2.76. The fourth-order valence-electron chi connectivity index (χ4n) is 3.11. The Morgan fingerprint density at radius 1 is 1.16 bits per heavy atom. The van der Waals surface area contributed by atoms with Gasteiger partial charge in [0.15, 0.2) is 0 Å². The highest BCUT2D eigenvalue weighted by atomic mass is 19.1. The minimum absolute atomic E-state index is 0.00517. The maximum atomic E-state index is 12.9. The van der Waals surface area contributed by atoms with Gasteiger partial charge in [-0.15, -0.1) is 0 Å². The number of halogens is 1. The van der Waals surface area contributed by atoms with Crippen molar-refractivity contribution >= 4 is 16.7 Å². The molecular weight excluding hydrogens is 317 g/mol. The van der Waals surface area contributed by atoms with Crippen molar-refractivity contribution in [2.75, 3.05) is 18.0 Å². The van der Waals surface area contributed by atoms with Crippen LogP contribution in [0.15, 0.2) is 48.5 Å². The molecule has 1 aliphatic heterocycles. The Bertz CT molecular complexity index is 973. The highest BCUT2D eigenvalue weighted by molar-refractivity contribution is 5.87. The largest absolute Gasteiger partial charge is 0.487 e. The van der Waals surface area contributed by atoms with E-state index in [1.165, 1.54) is 12.1 Å². The topological polar surface area (TPSA) is 49.2 Å². The van der Waals surface area contributed by atoms with Gasteiger partial charge in [0.1, 0.15) is 29.6 Å². The molecule has 0 atom stereocenters. The SMILES string of the molecule is Cc1c(C#N)c(N2CC(Oc3ccc(F)cc3)C2)nc2ccccc12. The molecule has 0 spiro atoms. The first-order chi connectivity index (χ1) is 12.2. The molecule has 1 saturated heterocycles. The summed E-state index contributed by atoms with van der Waals surface area (Å²) < 4.78 is 18.8. The first kappa shape index (κ1) is 15.4. The van der Waals surface area contributed by atoms with Crippen LogP contribution in [0.3, 0.4) is 0 Å². The van der Waals surface area contributed by atoms with E-state index in [1.54, 1.807) is 12.1 Å². The average Bonchev–Trinajstić information content (AvgIpc) is 2.59. The number of pyridine rings is 1. The maximum absolute atomic E-state index is 12.9. The Labute approximate surface area is 145 Å². The lowest BCUT2D eigenvalue weighted by Gasteiger charge is -2.40. The Morgan fingerprint density at radius 3 is 2.60 bits per heavy atom. The second-order valence-corrected chi connectivity index (χ2v) is 6.16. The lowest BCUT2D eigenvalue weighted by molar-refractivity contribution is 0.166. The van der Waals surface area contributed by atoms with Crippen molar-refractivity contribution in [2.24, 2.45) is 0 Å². The van der Waals surface area contributed by atoms with E-state index in [0.717, 1.165) is 16.5 Å². The summed E-state index contributed by atoms with van der Waals surface area (Å²) in [4.78, 5) is 6.73. The molecule has 0 radical (unpaired) electrons. The van der Waals surface area contributed by atoms with E-state index in [-0.39, 0.29) is 11.9 Å². The summed E-state index contributed by atoms with van der Waals surface area (Å²) >= 11 is 0. The molecule has 0 N–H and O–H groups in total. The average molecular weight is 333 g/mol. The van der Waals surface area contributed by atoms with Crippen molar-refractivity contribution in [1.82, 2.24) is 4.98 Å². The highest BCUT2D eigenvalue weighted by Crippen LogP contribution is 2.31. The molecule has 5 heteroatoms. The smallest absolute Gasteiger partial charge is 0.147 e. The summed E-state index contributed by atoms with van der Waals surface area (Å²) in [6, 6.07) is 16.1. The number of rotatable bonds is 3. The minimum atomic E-state index is -0.280. The first-order valence-electron chi connectivity index (χ1n) is 8.12. The summed E-state index contributed by atoms with van der Waals surface area (Å²) in [5.41, 5.74) is 2.45. The Balaban J connectivity index is 1.56. The number of fused-ring (bicyclic) bond motifs is 1. The molecule has 0 bridgehead atoms. The molecular formula is C20H16FN3O. The third-order valence-electron chi connectivity index (χ3n) is 4.51. The zero-order valence-corrected chi connectivity index (χ0v) is 13.7. The van der Waals surface area contributed by atoms with Crippen molar-refractivity contribution in [3.05, 3.63) is 65.5 Å². The van der Waals surface area contributed by atoms with E-state index in [4.69, 9.17) is 4.74 Å². The highest BCUT2D eigenvalue weighted by Gasteiger charge is 2.32. The van der Waals surface area contributed by atoms with Crippen molar-refractivity contribution in [1.29, 1.82) is 5.26 Å². The second-order valence-electron chi connectivity index (χ2n) is 6.16. The van der Waals surface area contributed by atoms with E-state index in [9.17, 15) is 9.65 Å². The van der Waals surface area contributed by atoms with Crippen molar-refractivity contribution in [3.8, 4) is 11.8 Å². The quantitative estimate of drug-likeness (QED) is 0.731. The Kier molecular flexibility index (Phi) is 3.73. The van der Waals surface area contributed by atoms with Crippen LogP contribution >= 0.6 is 0 Å². The van der Waals surface area contributed by atoms with Gasteiger partial charge in [0.25, 0.3) is 0 Å². The molecule has 1 aromatic heterocycles. The number of para-hydroxylation sites is 1. The van der Waals surface area contributed by atoms with Gasteiger partial charge in [0.05, 0.1) is 24.2 Å². The van der Waals surface area contributed by atoms with Gasteiger partial charge in [-0.2, -0.15) is 5.26 Å². The fraction of sp³-hybridized carbons (Fsp3) is 0.200. The van der Waals surface area contributed by atoms with E-state index in [0.29, 0.717) is 30.2 Å². The summed E-state index contributed by atoms with van der Waals surface area (Å²) in [7, 11) is 0. The van der Waals surface area contributed by atoms with Crippen LogP contribution in [-0.4, -0.2) is 24.2 Å². The van der Waals surface area contributed by atoms with Gasteiger partial charge in [0, 0.05) is 5.39 Å². The van der Waals surface area contributed by atoms with Gasteiger partial charge in [-0.3, -0.25) is 0 Å². The molecule has 0 amide bonds. The lowest BCUT2D eigenvalue weighted by atomic mass is 10.0. The molecule has 0 aliphatic carbocycles. The number of nitriles is 1. The van der Waals surface area contributed by atoms with Crippen LogP contribution in [0.5, 0.6) is 5.75 Å². The molecule has 4 nitrogen and oxygen atoms in total. The number of aryl methyl sites for hydroxylation is 1. The lowest BCUT2D eigenvalue weighted by Crippen LogP contribution is -2.54. The number of aromatic nitrogens is 1. The van der Waals surface area contributed by atoms with E-state index in [2.05, 4.69) is 11.1 Å². The number of benzene rings is 2. The molecule has 3 aromatic rings. The predicted molar refractivity (Wildman–Crippen MR) is 94.2 cm³/mol. The van der Waals surface area contributed by atoms with Gasteiger partial charge >= 0.3 is 0 Å². The van der Waals surface area contributed by atoms with Crippen LogP contribution in [0.1, 0.15) is 11.1 Å². The molecule has 2 heterocycles. The third-order valence-corrected chi connectivity index (χ3v) is 4.51. The normalized spacial score (nSPS) is 14.2. The first-order valence-corrected chi connectivity index (χ1v) is 8.12. The van der Waals surface area contributed by atoms with Gasteiger partial charge < -0.3 is 9.64 Å². The number of hydrogen-bond acceptors (Lipinski definition) is 4. The van der Waals surface area contributed by atoms with Crippen LogP contribution < -0.4 is 9.64 Å². The van der Waals surface area contributed by atoms with Gasteiger partial charge in [-0.25, -0.2) is 9.37 Å². The van der Waals surface area contributed by atoms with E-state index in [1.807, 2.05) is 36.1 Å². The number of ether oxygens (including phenoxy) is 1. The number of nitrogens with zero attached hydrogens (tertiary/aromatic N) is 3. The Morgan fingerprint density at radius 2 is 1.88 bits per heavy atom. The molecule has 1 aliphatic rings. The van der Waals surface area contributed by atoms with Crippen LogP contribution in [0.25, 0.3) is 10.9 Å². The summed E-state index contributed by atoms with van der Waals surface area (Å²) in [5, 5.41) is 10.6. The number of anilines is 1. The molecule has 25 heavy (non-hydrogen) atoms. The number of hydrogen-bond donors (Lipinski definition) is 0. The van der Waals surface area contributed by atoms with E-state index >= 15 is 0 Å². The molecule has 1 fully saturated rings. The van der Waals surface area contributed by atoms with Crippen molar-refractivity contribution in [3.63, 3.8) is 0 Å². The van der Waals surface area contributed by atoms with Gasteiger partial charge in [-0.1, -0.05) is 18.2 Å². The summed E-state index contributed by atoms with van der Waals surface area (Å²) in [6.07, 6.45) is 0.00517. The van der Waals surface area contributed by atoms with Crippen molar-refractivity contribution < 1.29 is 9.13 Å². The fourth-order valence-corrected chi connectivity index (χ4v) is 3.11. The van der Waals surface area contributed by atoms with Crippen LogP contribution in [0, 0.1) is 24.1 Å². The minimum Gasteiger partial charge on any atom is -0.487 e. The van der Waals surface area contributed by atoms with Crippen LogP contribution in [0.2, 0.25) is 0 Å². The molecule has 0 unspecified atom stereocenters. The van der Waals surface area contributed by atoms with Gasteiger partial charge in [-0.05, 0) is 42.8 Å². The van der Waals surface area contributed by atoms with Crippen molar-refractivity contribution in [2.45, 2.75) is 13.0 Å². The summed E-state index contributed by atoms with van der Waals surface area (Å²) in [6.45, 7) is 3.26. The van der Waals surface area contributed by atoms with Crippen LogP contribution in [0.4, 0.5) is 10.2 Å². The Hall–Kier alpha value is -3.13. The maximum Gasteiger partial charge on any atom is 0.147 e. The van der Waals surface area contributed by atoms with Gasteiger partial charge in [0.2, 0.25) is 0 Å². The molecule has 124 valence electrons. The zero-order chi connectivity index (χ0) is 17.4.